The maximum atomic E-state index is 12.7. The third kappa shape index (κ3) is 4.45. The number of likely N-dealkylation sites (tertiary alicyclic amines) is 1. The number of piperazine rings is 1. The number of amides is 2. The van der Waals surface area contributed by atoms with Crippen LogP contribution < -0.4 is 10.2 Å². The molecule has 3 heterocycles. The van der Waals surface area contributed by atoms with Gasteiger partial charge in [-0.05, 0) is 49.5 Å². The summed E-state index contributed by atoms with van der Waals surface area (Å²) in [7, 11) is 0. The standard InChI is InChI=1S/C21H28N4OS/c26-21(25-14-12-23(13-15-25)18-7-2-1-3-8-18)22-17-19(20-9-6-16-27-20)24-10-4-5-11-24/h1-3,6-9,16,19H,4-5,10-15,17H2,(H,22,26). The number of urea groups is 1. The normalized spacial score (nSPS) is 19.3. The Morgan fingerprint density at radius 1 is 0.963 bits per heavy atom. The van der Waals surface area contributed by atoms with Gasteiger partial charge in [-0.25, -0.2) is 4.79 Å². The van der Waals surface area contributed by atoms with Gasteiger partial charge in [0.05, 0.1) is 6.04 Å². The van der Waals surface area contributed by atoms with Crippen molar-refractivity contribution >= 4 is 23.1 Å². The minimum absolute atomic E-state index is 0.0727. The number of hydrogen-bond donors (Lipinski definition) is 1. The van der Waals surface area contributed by atoms with Crippen molar-refractivity contribution < 1.29 is 4.79 Å². The minimum atomic E-state index is 0.0727. The van der Waals surface area contributed by atoms with Crippen molar-refractivity contribution in [3.63, 3.8) is 0 Å². The number of nitrogens with zero attached hydrogens (tertiary/aromatic N) is 3. The Labute approximate surface area is 165 Å². The number of para-hydroxylation sites is 1. The van der Waals surface area contributed by atoms with E-state index in [9.17, 15) is 4.79 Å². The summed E-state index contributed by atoms with van der Waals surface area (Å²) in [4.78, 5) is 20.9. The molecule has 144 valence electrons. The lowest BCUT2D eigenvalue weighted by atomic mass is 10.2. The Bertz CT molecular complexity index is 707. The highest BCUT2D eigenvalue weighted by Gasteiger charge is 2.26. The van der Waals surface area contributed by atoms with E-state index in [1.165, 1.54) is 23.4 Å². The van der Waals surface area contributed by atoms with Crippen molar-refractivity contribution in [3.05, 3.63) is 52.7 Å². The van der Waals surface area contributed by atoms with Crippen molar-refractivity contribution in [3.8, 4) is 0 Å². The van der Waals surface area contributed by atoms with Crippen LogP contribution in [0.1, 0.15) is 23.8 Å². The fraction of sp³-hybridized carbons (Fsp3) is 0.476. The Kier molecular flexibility index (Phi) is 5.94. The molecule has 1 aromatic carbocycles. The zero-order valence-corrected chi connectivity index (χ0v) is 16.5. The van der Waals surface area contributed by atoms with E-state index in [1.807, 2.05) is 11.0 Å². The molecule has 0 bridgehead atoms. The second kappa shape index (κ2) is 8.76. The largest absolute Gasteiger partial charge is 0.368 e. The molecule has 1 atom stereocenters. The molecule has 1 unspecified atom stereocenters. The van der Waals surface area contributed by atoms with Gasteiger partial charge >= 0.3 is 6.03 Å². The van der Waals surface area contributed by atoms with Crippen LogP contribution in [0.25, 0.3) is 0 Å². The first-order valence-electron chi connectivity index (χ1n) is 9.91. The Balaban J connectivity index is 1.30. The van der Waals surface area contributed by atoms with Gasteiger partial charge in [-0.2, -0.15) is 0 Å². The second-order valence-electron chi connectivity index (χ2n) is 7.27. The molecule has 2 fully saturated rings. The lowest BCUT2D eigenvalue weighted by Gasteiger charge is -2.36. The Hall–Kier alpha value is -2.05. The van der Waals surface area contributed by atoms with E-state index in [4.69, 9.17) is 0 Å². The highest BCUT2D eigenvalue weighted by Crippen LogP contribution is 2.28. The minimum Gasteiger partial charge on any atom is -0.368 e. The van der Waals surface area contributed by atoms with Crippen molar-refractivity contribution in [2.75, 3.05) is 50.7 Å². The van der Waals surface area contributed by atoms with Gasteiger partial charge in [0, 0.05) is 43.3 Å². The molecule has 27 heavy (non-hydrogen) atoms. The number of thiophene rings is 1. The number of nitrogens with one attached hydrogen (secondary N) is 1. The van der Waals surface area contributed by atoms with Gasteiger partial charge in [0.15, 0.2) is 0 Å². The molecular weight excluding hydrogens is 356 g/mol. The topological polar surface area (TPSA) is 38.8 Å². The van der Waals surface area contributed by atoms with E-state index in [0.29, 0.717) is 12.6 Å². The van der Waals surface area contributed by atoms with Crippen LogP contribution in [0.3, 0.4) is 0 Å². The highest BCUT2D eigenvalue weighted by molar-refractivity contribution is 7.10. The zero-order chi connectivity index (χ0) is 18.5. The summed E-state index contributed by atoms with van der Waals surface area (Å²) in [6, 6.07) is 15.1. The fourth-order valence-electron chi connectivity index (χ4n) is 4.05. The van der Waals surface area contributed by atoms with Crippen molar-refractivity contribution in [2.45, 2.75) is 18.9 Å². The third-order valence-corrected chi connectivity index (χ3v) is 6.56. The first-order valence-corrected chi connectivity index (χ1v) is 10.8. The number of carbonyl (C=O) groups is 1. The number of hydrogen-bond acceptors (Lipinski definition) is 4. The second-order valence-corrected chi connectivity index (χ2v) is 8.25. The van der Waals surface area contributed by atoms with Crippen LogP contribution in [0.2, 0.25) is 0 Å². The van der Waals surface area contributed by atoms with E-state index < -0.39 is 0 Å². The van der Waals surface area contributed by atoms with Gasteiger partial charge in [-0.1, -0.05) is 24.3 Å². The predicted octanol–water partition coefficient (Wildman–Crippen LogP) is 3.42. The molecule has 2 aromatic rings. The number of carbonyl (C=O) groups excluding carboxylic acids is 1. The lowest BCUT2D eigenvalue weighted by molar-refractivity contribution is 0.185. The van der Waals surface area contributed by atoms with Crippen molar-refractivity contribution in [2.24, 2.45) is 0 Å². The number of rotatable bonds is 5. The van der Waals surface area contributed by atoms with Crippen LogP contribution in [0, 0.1) is 0 Å². The molecule has 6 heteroatoms. The zero-order valence-electron chi connectivity index (χ0n) is 15.7. The number of anilines is 1. The van der Waals surface area contributed by atoms with E-state index >= 15 is 0 Å². The average molecular weight is 385 g/mol. The van der Waals surface area contributed by atoms with Gasteiger partial charge in [-0.15, -0.1) is 11.3 Å². The van der Waals surface area contributed by atoms with E-state index in [-0.39, 0.29) is 6.03 Å². The smallest absolute Gasteiger partial charge is 0.317 e. The lowest BCUT2D eigenvalue weighted by Crippen LogP contribution is -2.52. The van der Waals surface area contributed by atoms with Crippen molar-refractivity contribution in [1.82, 2.24) is 15.1 Å². The molecule has 2 aliphatic heterocycles. The highest BCUT2D eigenvalue weighted by atomic mass is 32.1. The van der Waals surface area contributed by atoms with Crippen LogP contribution in [0.5, 0.6) is 0 Å². The van der Waals surface area contributed by atoms with Gasteiger partial charge in [0.25, 0.3) is 0 Å². The maximum Gasteiger partial charge on any atom is 0.317 e. The summed E-state index contributed by atoms with van der Waals surface area (Å²) in [6.07, 6.45) is 2.52. The van der Waals surface area contributed by atoms with Gasteiger partial charge in [0.1, 0.15) is 0 Å². The summed E-state index contributed by atoms with van der Waals surface area (Å²) in [5.41, 5.74) is 1.24. The summed E-state index contributed by atoms with van der Waals surface area (Å²) in [5, 5.41) is 5.33. The molecular formula is C21H28N4OS. The summed E-state index contributed by atoms with van der Waals surface area (Å²) >= 11 is 1.79. The molecule has 4 rings (SSSR count). The molecule has 0 saturated carbocycles. The first-order chi connectivity index (χ1) is 13.3. The SMILES string of the molecule is O=C(NCC(c1cccs1)N1CCCC1)N1CCN(c2ccccc2)CC1. The molecule has 2 amide bonds. The molecule has 2 saturated heterocycles. The van der Waals surface area contributed by atoms with Crippen LogP contribution in [-0.4, -0.2) is 61.6 Å². The average Bonchev–Trinajstić information content (AvgIpc) is 3.44. The quantitative estimate of drug-likeness (QED) is 0.859. The van der Waals surface area contributed by atoms with Gasteiger partial charge in [-0.3, -0.25) is 4.90 Å². The summed E-state index contributed by atoms with van der Waals surface area (Å²) in [6.45, 7) is 6.28. The molecule has 1 N–H and O–H groups in total. The van der Waals surface area contributed by atoms with Gasteiger partial charge in [0.2, 0.25) is 0 Å². The van der Waals surface area contributed by atoms with Crippen LogP contribution in [0.4, 0.5) is 10.5 Å². The molecule has 0 spiro atoms. The summed E-state index contributed by atoms with van der Waals surface area (Å²) < 4.78 is 0. The van der Waals surface area contributed by atoms with Crippen LogP contribution in [-0.2, 0) is 0 Å². The van der Waals surface area contributed by atoms with Crippen molar-refractivity contribution in [1.29, 1.82) is 0 Å². The summed E-state index contributed by atoms with van der Waals surface area (Å²) in [5.74, 6) is 0. The Morgan fingerprint density at radius 3 is 2.37 bits per heavy atom. The van der Waals surface area contributed by atoms with E-state index in [1.54, 1.807) is 11.3 Å². The molecule has 0 radical (unpaired) electrons. The Morgan fingerprint density at radius 2 is 1.70 bits per heavy atom. The van der Waals surface area contributed by atoms with E-state index in [2.05, 4.69) is 56.9 Å². The maximum absolute atomic E-state index is 12.7. The molecule has 2 aliphatic rings. The molecule has 5 nitrogen and oxygen atoms in total. The van der Waals surface area contributed by atoms with Crippen LogP contribution in [0.15, 0.2) is 47.8 Å². The number of benzene rings is 1. The molecule has 0 aliphatic carbocycles. The van der Waals surface area contributed by atoms with Gasteiger partial charge < -0.3 is 15.1 Å². The third-order valence-electron chi connectivity index (χ3n) is 5.59. The first kappa shape index (κ1) is 18.3. The van der Waals surface area contributed by atoms with Crippen LogP contribution >= 0.6 is 11.3 Å². The fourth-order valence-corrected chi connectivity index (χ4v) is 4.91. The monoisotopic (exact) mass is 384 g/mol. The predicted molar refractivity (Wildman–Crippen MR) is 111 cm³/mol. The van der Waals surface area contributed by atoms with E-state index in [0.717, 1.165) is 39.3 Å². The molecule has 1 aromatic heterocycles.